The fraction of sp³-hybridized carbons (Fsp3) is 0.900. The van der Waals surface area contributed by atoms with Crippen molar-refractivity contribution in [3.05, 3.63) is 24.3 Å². The largest absolute Gasteiger partial charge is 0.472 e. The Labute approximate surface area is 366 Å². The number of hydrogen-bond acceptors (Lipinski definition) is 5. The summed E-state index contributed by atoms with van der Waals surface area (Å²) in [6.45, 7) is 4.83. The van der Waals surface area contributed by atoms with E-state index in [-0.39, 0.29) is 19.1 Å². The highest BCUT2D eigenvalue weighted by Crippen LogP contribution is 2.43. The van der Waals surface area contributed by atoms with Crippen LogP contribution in [-0.2, 0) is 18.4 Å². The number of nitrogens with zero attached hydrogens (tertiary/aromatic N) is 1. The monoisotopic (exact) mass is 856 g/mol. The summed E-state index contributed by atoms with van der Waals surface area (Å²) in [4.78, 5) is 23.2. The van der Waals surface area contributed by atoms with Crippen molar-refractivity contribution in [3.63, 3.8) is 0 Å². The van der Waals surface area contributed by atoms with Gasteiger partial charge < -0.3 is 19.8 Å². The first-order valence-corrected chi connectivity index (χ1v) is 26.7. The first-order valence-electron chi connectivity index (χ1n) is 25.2. The molecule has 0 rings (SSSR count). The molecule has 3 atom stereocenters. The molecule has 59 heavy (non-hydrogen) atoms. The van der Waals surface area contributed by atoms with E-state index in [0.29, 0.717) is 17.4 Å². The number of aliphatic hydroxyl groups excluding tert-OH is 1. The molecule has 0 aromatic rings. The second-order valence-electron chi connectivity index (χ2n) is 18.5. The van der Waals surface area contributed by atoms with Crippen LogP contribution in [0.2, 0.25) is 0 Å². The highest BCUT2D eigenvalue weighted by atomic mass is 31.2. The van der Waals surface area contributed by atoms with Gasteiger partial charge in [-0.2, -0.15) is 0 Å². The molecule has 9 heteroatoms. The van der Waals surface area contributed by atoms with Crippen LogP contribution in [0.5, 0.6) is 0 Å². The molecule has 0 spiro atoms. The van der Waals surface area contributed by atoms with E-state index in [1.807, 2.05) is 27.2 Å². The lowest BCUT2D eigenvalue weighted by Gasteiger charge is -2.25. The molecular weight excluding hydrogens is 756 g/mol. The van der Waals surface area contributed by atoms with Crippen molar-refractivity contribution in [1.82, 2.24) is 5.32 Å². The highest BCUT2D eigenvalue weighted by molar-refractivity contribution is 7.47. The van der Waals surface area contributed by atoms with Gasteiger partial charge in [0.2, 0.25) is 5.91 Å². The van der Waals surface area contributed by atoms with Gasteiger partial charge in [0.1, 0.15) is 13.2 Å². The van der Waals surface area contributed by atoms with E-state index in [1.165, 1.54) is 180 Å². The molecule has 0 aliphatic carbocycles. The van der Waals surface area contributed by atoms with Gasteiger partial charge in [0, 0.05) is 6.42 Å². The summed E-state index contributed by atoms with van der Waals surface area (Å²) in [7, 11) is 1.57. The van der Waals surface area contributed by atoms with E-state index in [9.17, 15) is 19.4 Å². The first kappa shape index (κ1) is 58.0. The van der Waals surface area contributed by atoms with E-state index in [2.05, 4.69) is 31.3 Å². The molecule has 1 amide bonds. The number of aliphatic hydroxyl groups is 1. The van der Waals surface area contributed by atoms with Crippen LogP contribution in [0, 0.1) is 0 Å². The molecule has 0 aliphatic heterocycles. The summed E-state index contributed by atoms with van der Waals surface area (Å²) in [5, 5.41) is 13.9. The Morgan fingerprint density at radius 3 is 1.31 bits per heavy atom. The quantitative estimate of drug-likeness (QED) is 0.0244. The number of hydrogen-bond donors (Lipinski definition) is 3. The van der Waals surface area contributed by atoms with Gasteiger partial charge in [0.15, 0.2) is 0 Å². The molecule has 0 fully saturated rings. The van der Waals surface area contributed by atoms with Crippen LogP contribution in [0.1, 0.15) is 239 Å². The molecule has 0 radical (unpaired) electrons. The lowest BCUT2D eigenvalue weighted by molar-refractivity contribution is -0.870. The molecule has 0 saturated carbocycles. The van der Waals surface area contributed by atoms with Gasteiger partial charge in [-0.1, -0.05) is 212 Å². The van der Waals surface area contributed by atoms with E-state index < -0.39 is 20.0 Å². The molecular formula is C50H100N2O6P+. The van der Waals surface area contributed by atoms with Crippen molar-refractivity contribution >= 4 is 13.7 Å². The zero-order valence-electron chi connectivity index (χ0n) is 39.8. The Morgan fingerprint density at radius 1 is 0.559 bits per heavy atom. The number of carbonyl (C=O) groups excluding carboxylic acids is 1. The average molecular weight is 856 g/mol. The van der Waals surface area contributed by atoms with Crippen LogP contribution in [0.4, 0.5) is 0 Å². The summed E-state index contributed by atoms with van der Waals surface area (Å²) in [6.07, 6.45) is 51.1. The Balaban J connectivity index is 4.26. The van der Waals surface area contributed by atoms with Crippen LogP contribution < -0.4 is 5.32 Å². The van der Waals surface area contributed by atoms with E-state index in [1.54, 1.807) is 6.08 Å². The van der Waals surface area contributed by atoms with Crippen molar-refractivity contribution in [2.75, 3.05) is 40.9 Å². The van der Waals surface area contributed by atoms with Crippen molar-refractivity contribution in [2.45, 2.75) is 251 Å². The second-order valence-corrected chi connectivity index (χ2v) is 20.0. The molecule has 0 saturated heterocycles. The molecule has 0 aromatic carbocycles. The summed E-state index contributed by atoms with van der Waals surface area (Å²) in [5.74, 6) is -0.180. The van der Waals surface area contributed by atoms with Crippen LogP contribution in [0.25, 0.3) is 0 Å². The fourth-order valence-electron chi connectivity index (χ4n) is 7.39. The predicted octanol–water partition coefficient (Wildman–Crippen LogP) is 14.5. The lowest BCUT2D eigenvalue weighted by Crippen LogP contribution is -2.45. The number of likely N-dealkylation sites (N-methyl/N-ethyl adjacent to an activating group) is 1. The molecule has 8 nitrogen and oxygen atoms in total. The third-order valence-corrected chi connectivity index (χ3v) is 12.4. The number of phosphoric ester groups is 1. The number of allylic oxidation sites excluding steroid dienone is 3. The van der Waals surface area contributed by atoms with Crippen LogP contribution in [0.15, 0.2) is 24.3 Å². The number of carbonyl (C=O) groups is 1. The normalized spacial score (nSPS) is 14.4. The molecule has 3 unspecified atom stereocenters. The summed E-state index contributed by atoms with van der Waals surface area (Å²) in [5.41, 5.74) is 0. The topological polar surface area (TPSA) is 105 Å². The maximum atomic E-state index is 12.9. The molecule has 0 aliphatic rings. The summed E-state index contributed by atoms with van der Waals surface area (Å²) in [6, 6.07) is -0.846. The van der Waals surface area contributed by atoms with Crippen LogP contribution >= 0.6 is 7.82 Å². The van der Waals surface area contributed by atoms with E-state index in [0.717, 1.165) is 38.5 Å². The SMILES string of the molecule is CCCCCCCCCCCCCC/C=C\CCCCCCCCCC(=O)NC(COP(=O)(O)OCC[N+](C)(C)C)C(O)/C=C/CCCCCCCCCCCCCC. The van der Waals surface area contributed by atoms with Gasteiger partial charge in [-0.25, -0.2) is 4.57 Å². The van der Waals surface area contributed by atoms with Gasteiger partial charge in [0.25, 0.3) is 0 Å². The van der Waals surface area contributed by atoms with Crippen molar-refractivity contribution in [1.29, 1.82) is 0 Å². The van der Waals surface area contributed by atoms with Gasteiger partial charge >= 0.3 is 7.82 Å². The first-order chi connectivity index (χ1) is 28.5. The lowest BCUT2D eigenvalue weighted by atomic mass is 10.0. The van der Waals surface area contributed by atoms with Crippen molar-refractivity contribution in [3.8, 4) is 0 Å². The minimum atomic E-state index is -4.34. The van der Waals surface area contributed by atoms with Gasteiger partial charge in [0.05, 0.1) is 39.9 Å². The molecule has 0 bridgehead atoms. The van der Waals surface area contributed by atoms with Crippen molar-refractivity contribution in [2.24, 2.45) is 0 Å². The molecule has 350 valence electrons. The van der Waals surface area contributed by atoms with Gasteiger partial charge in [-0.3, -0.25) is 13.8 Å². The number of amides is 1. The van der Waals surface area contributed by atoms with E-state index >= 15 is 0 Å². The average Bonchev–Trinajstić information content (AvgIpc) is 3.19. The molecule has 0 aromatic heterocycles. The fourth-order valence-corrected chi connectivity index (χ4v) is 8.13. The molecule has 3 N–H and O–H groups in total. The third kappa shape index (κ3) is 44.8. The van der Waals surface area contributed by atoms with Gasteiger partial charge in [-0.15, -0.1) is 0 Å². The Kier molecular flexibility index (Phi) is 41.6. The third-order valence-electron chi connectivity index (χ3n) is 11.4. The number of quaternary nitrogens is 1. The Hall–Kier alpha value is -1.02. The Morgan fingerprint density at radius 2 is 0.915 bits per heavy atom. The number of rotatable bonds is 46. The zero-order chi connectivity index (χ0) is 43.6. The maximum Gasteiger partial charge on any atom is 0.472 e. The minimum Gasteiger partial charge on any atom is -0.387 e. The summed E-state index contributed by atoms with van der Waals surface area (Å²) < 4.78 is 23.6. The van der Waals surface area contributed by atoms with Crippen LogP contribution in [0.3, 0.4) is 0 Å². The number of nitrogens with one attached hydrogen (secondary N) is 1. The number of phosphoric acid groups is 1. The number of unbranched alkanes of at least 4 members (excludes halogenated alkanes) is 31. The Bertz CT molecular complexity index is 1020. The smallest absolute Gasteiger partial charge is 0.387 e. The van der Waals surface area contributed by atoms with Gasteiger partial charge in [-0.05, 0) is 44.9 Å². The zero-order valence-corrected chi connectivity index (χ0v) is 40.7. The van der Waals surface area contributed by atoms with Crippen molar-refractivity contribution < 1.29 is 32.9 Å². The minimum absolute atomic E-state index is 0.0619. The van der Waals surface area contributed by atoms with Crippen LogP contribution in [-0.4, -0.2) is 73.4 Å². The molecule has 0 heterocycles. The maximum absolute atomic E-state index is 12.9. The summed E-state index contributed by atoms with van der Waals surface area (Å²) >= 11 is 0. The van der Waals surface area contributed by atoms with E-state index in [4.69, 9.17) is 9.05 Å². The predicted molar refractivity (Wildman–Crippen MR) is 254 cm³/mol. The highest BCUT2D eigenvalue weighted by Gasteiger charge is 2.27. The second kappa shape index (κ2) is 42.3. The standard InChI is InChI=1S/C50H99N2O6P/c1-6-8-10-12-14-16-18-20-22-23-24-25-26-27-28-29-30-32-34-36-38-40-42-44-50(54)51-48(47-58-59(55,56)57-46-45-52(3,4)5)49(53)43-41-39-37-35-33-31-21-19-17-15-13-11-9-7-2/h27-28,41,43,48-49,53H,6-26,29-40,42,44-47H2,1-5H3,(H-,51,54,55,56)/p+1/b28-27-,43-41+.